The summed E-state index contributed by atoms with van der Waals surface area (Å²) in [4.78, 5) is 18.4. The van der Waals surface area contributed by atoms with Crippen molar-refractivity contribution in [2.75, 3.05) is 6.54 Å². The Morgan fingerprint density at radius 2 is 2.17 bits per heavy atom. The summed E-state index contributed by atoms with van der Waals surface area (Å²) in [5.41, 5.74) is 2.30. The molecule has 2 aromatic rings. The normalized spacial score (nSPS) is 27.6. The molecule has 0 spiro atoms. The van der Waals surface area contributed by atoms with Crippen LogP contribution in [0.25, 0.3) is 6.08 Å². The maximum atomic E-state index is 13.3. The van der Waals surface area contributed by atoms with Gasteiger partial charge in [0, 0.05) is 42.2 Å². The van der Waals surface area contributed by atoms with E-state index in [0.29, 0.717) is 35.4 Å². The number of alkyl halides is 3. The van der Waals surface area contributed by atoms with E-state index in [9.17, 15) is 13.2 Å². The van der Waals surface area contributed by atoms with Crippen LogP contribution in [0.1, 0.15) is 50.3 Å². The first-order chi connectivity index (χ1) is 19.1. The highest BCUT2D eigenvalue weighted by atomic mass is 19.4. The molecule has 1 saturated carbocycles. The SMILES string of the molecule is C/C=C/C1=NCC2CC2(NC2N=C(C(C)=Cc3cccc(C(F)(F)F)c3)NC(=NCc3cc#cnc3)NC2C)C1. The fourth-order valence-corrected chi connectivity index (χ4v) is 5.13. The first-order valence-corrected chi connectivity index (χ1v) is 13.3. The third kappa shape index (κ3) is 6.42. The number of allylic oxidation sites excluding steroid dienone is 2. The van der Waals surface area contributed by atoms with E-state index in [1.54, 1.807) is 24.4 Å². The van der Waals surface area contributed by atoms with E-state index < -0.39 is 11.7 Å². The van der Waals surface area contributed by atoms with Crippen molar-refractivity contribution in [2.45, 2.75) is 64.1 Å². The van der Waals surface area contributed by atoms with Gasteiger partial charge in [0.2, 0.25) is 0 Å². The Kier molecular flexibility index (Phi) is 7.76. The third-order valence-corrected chi connectivity index (χ3v) is 7.39. The summed E-state index contributed by atoms with van der Waals surface area (Å²) in [6, 6.07) is 9.74. The number of aliphatic imine (C=N–C) groups is 3. The number of benzene rings is 1. The molecule has 1 aliphatic carbocycles. The highest BCUT2D eigenvalue weighted by molar-refractivity contribution is 6.11. The van der Waals surface area contributed by atoms with Crippen LogP contribution in [0.2, 0.25) is 0 Å². The molecule has 7 nitrogen and oxygen atoms in total. The molecule has 1 fully saturated rings. The van der Waals surface area contributed by atoms with Gasteiger partial charge in [0.05, 0.1) is 18.2 Å². The smallest absolute Gasteiger partial charge is 0.350 e. The first kappa shape index (κ1) is 27.6. The Balaban J connectivity index is 1.44. The molecule has 4 atom stereocenters. The quantitative estimate of drug-likeness (QED) is 0.468. The Hall–Kier alpha value is -3.97. The van der Waals surface area contributed by atoms with E-state index in [-0.39, 0.29) is 17.7 Å². The Morgan fingerprint density at radius 1 is 1.32 bits per heavy atom. The van der Waals surface area contributed by atoms with Gasteiger partial charge in [0.1, 0.15) is 12.0 Å². The van der Waals surface area contributed by atoms with E-state index in [1.165, 1.54) is 6.07 Å². The Labute approximate surface area is 232 Å². The summed E-state index contributed by atoms with van der Waals surface area (Å²) < 4.78 is 39.9. The number of nitrogens with zero attached hydrogens (tertiary/aromatic N) is 4. The van der Waals surface area contributed by atoms with Gasteiger partial charge in [-0.05, 0) is 80.7 Å². The van der Waals surface area contributed by atoms with Crippen LogP contribution in [-0.4, -0.2) is 46.8 Å². The maximum Gasteiger partial charge on any atom is 0.416 e. The fraction of sp³-hybridized carbons (Fsp3) is 0.400. The van der Waals surface area contributed by atoms with Gasteiger partial charge in [-0.3, -0.25) is 10.3 Å². The molecule has 10 heteroatoms. The predicted molar refractivity (Wildman–Crippen MR) is 151 cm³/mol. The zero-order chi connectivity index (χ0) is 28.3. The van der Waals surface area contributed by atoms with Gasteiger partial charge in [0.15, 0.2) is 5.96 Å². The molecule has 2 aliphatic heterocycles. The lowest BCUT2D eigenvalue weighted by atomic mass is 10.0. The van der Waals surface area contributed by atoms with E-state index in [4.69, 9.17) is 15.0 Å². The summed E-state index contributed by atoms with van der Waals surface area (Å²) in [5, 5.41) is 10.5. The maximum absolute atomic E-state index is 13.3. The Morgan fingerprint density at radius 3 is 2.92 bits per heavy atom. The molecule has 1 aromatic carbocycles. The number of aromatic nitrogens is 1. The highest BCUT2D eigenvalue weighted by Gasteiger charge is 2.57. The minimum absolute atomic E-state index is 0.0752. The minimum atomic E-state index is -4.42. The number of hydrogen-bond acceptors (Lipinski definition) is 5. The van der Waals surface area contributed by atoms with Crippen molar-refractivity contribution in [3.8, 4) is 0 Å². The summed E-state index contributed by atoms with van der Waals surface area (Å²) >= 11 is 0. The lowest BCUT2D eigenvalue weighted by Crippen LogP contribution is -2.53. The van der Waals surface area contributed by atoms with Crippen molar-refractivity contribution in [2.24, 2.45) is 20.9 Å². The van der Waals surface area contributed by atoms with Crippen LogP contribution in [0.15, 0.2) is 69.2 Å². The molecule has 208 valence electrons. The monoisotopic (exact) mass is 547 g/mol. The molecule has 4 unspecified atom stereocenters. The first-order valence-electron chi connectivity index (χ1n) is 13.3. The van der Waals surface area contributed by atoms with E-state index in [0.717, 1.165) is 42.8 Å². The van der Waals surface area contributed by atoms with E-state index in [2.05, 4.69) is 39.3 Å². The van der Waals surface area contributed by atoms with E-state index in [1.807, 2.05) is 26.8 Å². The van der Waals surface area contributed by atoms with Gasteiger partial charge >= 0.3 is 6.18 Å². The van der Waals surface area contributed by atoms with Gasteiger partial charge in [-0.25, -0.2) is 15.0 Å². The van der Waals surface area contributed by atoms with Crippen LogP contribution in [0.3, 0.4) is 0 Å². The number of hydrogen-bond donors (Lipinski definition) is 3. The number of halogens is 3. The third-order valence-electron chi connectivity index (χ3n) is 7.39. The fourth-order valence-electron chi connectivity index (χ4n) is 5.13. The van der Waals surface area contributed by atoms with Crippen LogP contribution >= 0.6 is 0 Å². The van der Waals surface area contributed by atoms with Crippen molar-refractivity contribution in [1.29, 1.82) is 0 Å². The number of nitrogens with one attached hydrogen (secondary N) is 3. The molecule has 3 N–H and O–H groups in total. The number of amidine groups is 1. The lowest BCUT2D eigenvalue weighted by molar-refractivity contribution is -0.137. The zero-order valence-electron chi connectivity index (χ0n) is 22.7. The average molecular weight is 548 g/mol. The van der Waals surface area contributed by atoms with Crippen molar-refractivity contribution >= 4 is 23.6 Å². The second-order valence-electron chi connectivity index (χ2n) is 10.5. The van der Waals surface area contributed by atoms with Gasteiger partial charge in [-0.2, -0.15) is 13.2 Å². The summed E-state index contributed by atoms with van der Waals surface area (Å²) in [5.74, 6) is 1.50. The number of fused-ring (bicyclic) bond motifs is 1. The number of guanidine groups is 1. The summed E-state index contributed by atoms with van der Waals surface area (Å²) in [6.45, 7) is 7.01. The molecule has 40 heavy (non-hydrogen) atoms. The largest absolute Gasteiger partial charge is 0.416 e. The molecule has 5 rings (SSSR count). The van der Waals surface area contributed by atoms with Gasteiger partial charge in [-0.15, -0.1) is 0 Å². The molecule has 0 amide bonds. The average Bonchev–Trinajstić information content (AvgIpc) is 3.66. The van der Waals surface area contributed by atoms with Crippen molar-refractivity contribution in [1.82, 2.24) is 20.9 Å². The second kappa shape index (κ2) is 11.3. The number of rotatable bonds is 7. The Bertz CT molecular complexity index is 1380. The summed E-state index contributed by atoms with van der Waals surface area (Å²) in [7, 11) is 0. The second-order valence-corrected chi connectivity index (χ2v) is 10.5. The van der Waals surface area contributed by atoms with Gasteiger partial charge < -0.3 is 10.6 Å². The molecule has 0 saturated heterocycles. The van der Waals surface area contributed by atoms with Crippen molar-refractivity contribution in [3.05, 3.63) is 83.2 Å². The molecular weight excluding hydrogens is 515 g/mol. The summed E-state index contributed by atoms with van der Waals surface area (Å²) in [6.07, 6.45) is 7.21. The molecule has 1 aromatic heterocycles. The molecule has 3 aliphatic rings. The standard InChI is InChI=1S/C30H32F3N7/c1-4-7-25-15-29(14-24(29)18-35-25)40-27-20(3)37-28(36-17-22-9-6-11-34-16-22)39-26(38-27)19(2)12-21-8-5-10-23(13-21)30(31,32)33/h4-5,7-10,12-13,16,20,24,27,40H,14-15,17-18H2,1-3H3,(H2,36,37,38,39)/b7-4+,19-12?. The van der Waals surface area contributed by atoms with Crippen molar-refractivity contribution < 1.29 is 13.2 Å². The van der Waals surface area contributed by atoms with Crippen LogP contribution in [0.5, 0.6) is 0 Å². The molecule has 3 heterocycles. The zero-order valence-corrected chi connectivity index (χ0v) is 22.7. The molecule has 0 radical (unpaired) electrons. The molecular formula is C30H32F3N7. The van der Waals surface area contributed by atoms with Crippen LogP contribution < -0.4 is 16.0 Å². The van der Waals surface area contributed by atoms with Crippen LogP contribution in [-0.2, 0) is 12.7 Å². The van der Waals surface area contributed by atoms with Crippen molar-refractivity contribution in [3.63, 3.8) is 0 Å². The highest BCUT2D eigenvalue weighted by Crippen LogP contribution is 2.49. The van der Waals surface area contributed by atoms with Gasteiger partial charge in [-0.1, -0.05) is 18.2 Å². The predicted octanol–water partition coefficient (Wildman–Crippen LogP) is 4.74. The topological polar surface area (TPSA) is 86.1 Å². The minimum Gasteiger partial charge on any atom is -0.350 e. The lowest BCUT2D eigenvalue weighted by Gasteiger charge is -2.29. The van der Waals surface area contributed by atoms with Crippen LogP contribution in [0.4, 0.5) is 13.2 Å². The van der Waals surface area contributed by atoms with Crippen LogP contribution in [0, 0.1) is 18.2 Å². The van der Waals surface area contributed by atoms with Gasteiger partial charge in [0.25, 0.3) is 0 Å². The van der Waals surface area contributed by atoms with E-state index >= 15 is 0 Å². The molecule has 0 bridgehead atoms.